The number of nitrogens with one attached hydrogen (secondary N) is 1. The van der Waals surface area contributed by atoms with Crippen LogP contribution < -0.4 is 10.2 Å². The Labute approximate surface area is 166 Å². The number of benzene rings is 2. The van der Waals surface area contributed by atoms with Gasteiger partial charge in [-0.25, -0.2) is 5.43 Å². The Morgan fingerprint density at radius 2 is 2.12 bits per heavy atom. The van der Waals surface area contributed by atoms with Crippen molar-refractivity contribution >= 4 is 66.1 Å². The lowest BCUT2D eigenvalue weighted by Gasteiger charge is -2.10. The number of hydrazone groups is 1. The van der Waals surface area contributed by atoms with Crippen LogP contribution in [-0.4, -0.2) is 18.7 Å². The number of fused-ring (bicyclic) bond motifs is 1. The van der Waals surface area contributed by atoms with Crippen molar-refractivity contribution in [3.05, 3.63) is 61.2 Å². The minimum absolute atomic E-state index is 0.110. The molecule has 128 valence electrons. The van der Waals surface area contributed by atoms with Crippen molar-refractivity contribution in [2.75, 3.05) is 6.61 Å². The Morgan fingerprint density at radius 1 is 1.28 bits per heavy atom. The van der Waals surface area contributed by atoms with E-state index in [1.54, 1.807) is 17.6 Å². The van der Waals surface area contributed by atoms with Gasteiger partial charge in [-0.05, 0) is 68.8 Å². The molecule has 0 aliphatic carbocycles. The summed E-state index contributed by atoms with van der Waals surface area (Å²) in [5.41, 5.74) is 3.60. The molecule has 0 aliphatic rings. The van der Waals surface area contributed by atoms with Crippen LogP contribution in [0.25, 0.3) is 10.8 Å². The Morgan fingerprint density at radius 3 is 2.88 bits per heavy atom. The first-order valence-electron chi connectivity index (χ1n) is 7.41. The Hall–Kier alpha value is -1.70. The van der Waals surface area contributed by atoms with E-state index in [1.165, 1.54) is 0 Å². The highest BCUT2D eigenvalue weighted by atomic mass is 79.9. The summed E-state index contributed by atoms with van der Waals surface area (Å²) in [5.74, 6) is 0.302. The topological polar surface area (TPSA) is 50.7 Å². The SMILES string of the molecule is Cc1ccsc1/C=N/NC(=O)COc1ccc2cc(Br)ccc2c1Br. The second-order valence-corrected chi connectivity index (χ2v) is 7.95. The molecule has 1 heterocycles. The fourth-order valence-electron chi connectivity index (χ4n) is 2.21. The normalized spacial score (nSPS) is 11.2. The van der Waals surface area contributed by atoms with Gasteiger partial charge in [0, 0.05) is 9.35 Å². The standard InChI is InChI=1S/C18H14Br2N2O2S/c1-11-6-7-25-16(11)9-21-22-17(23)10-24-15-5-2-12-8-13(19)3-4-14(12)18(15)20/h2-9H,10H2,1H3,(H,22,23)/b21-9+. The third-order valence-electron chi connectivity index (χ3n) is 3.51. The molecule has 1 amide bonds. The van der Waals surface area contributed by atoms with E-state index in [4.69, 9.17) is 4.74 Å². The molecule has 0 atom stereocenters. The summed E-state index contributed by atoms with van der Waals surface area (Å²) in [7, 11) is 0. The summed E-state index contributed by atoms with van der Waals surface area (Å²) >= 11 is 8.57. The zero-order valence-electron chi connectivity index (χ0n) is 13.3. The largest absolute Gasteiger partial charge is 0.483 e. The molecule has 0 saturated heterocycles. The van der Waals surface area contributed by atoms with Gasteiger partial charge in [0.2, 0.25) is 0 Å². The molecule has 2 aromatic carbocycles. The Balaban J connectivity index is 1.61. The summed E-state index contributed by atoms with van der Waals surface area (Å²) in [6, 6.07) is 11.8. The van der Waals surface area contributed by atoms with Crippen LogP contribution in [0.4, 0.5) is 0 Å². The quantitative estimate of drug-likeness (QED) is 0.399. The molecule has 25 heavy (non-hydrogen) atoms. The first-order valence-corrected chi connectivity index (χ1v) is 9.88. The third-order valence-corrected chi connectivity index (χ3v) is 5.78. The zero-order valence-corrected chi connectivity index (χ0v) is 17.2. The number of hydrogen-bond donors (Lipinski definition) is 1. The predicted octanol–water partition coefficient (Wildman–Crippen LogP) is 5.26. The highest BCUT2D eigenvalue weighted by molar-refractivity contribution is 9.11. The minimum Gasteiger partial charge on any atom is -0.483 e. The predicted molar refractivity (Wildman–Crippen MR) is 110 cm³/mol. The number of amides is 1. The molecule has 0 radical (unpaired) electrons. The monoisotopic (exact) mass is 480 g/mol. The lowest BCUT2D eigenvalue weighted by Crippen LogP contribution is -2.24. The molecule has 0 aliphatic heterocycles. The van der Waals surface area contributed by atoms with Crippen LogP contribution in [0.1, 0.15) is 10.4 Å². The van der Waals surface area contributed by atoms with E-state index in [-0.39, 0.29) is 12.5 Å². The van der Waals surface area contributed by atoms with Crippen molar-refractivity contribution in [2.24, 2.45) is 5.10 Å². The van der Waals surface area contributed by atoms with Crippen LogP contribution in [0.15, 0.2) is 55.8 Å². The van der Waals surface area contributed by atoms with Gasteiger partial charge < -0.3 is 4.74 Å². The molecule has 1 N–H and O–H groups in total. The average molecular weight is 482 g/mol. The smallest absolute Gasteiger partial charge is 0.277 e. The van der Waals surface area contributed by atoms with Gasteiger partial charge >= 0.3 is 0 Å². The zero-order chi connectivity index (χ0) is 17.8. The average Bonchev–Trinajstić information content (AvgIpc) is 2.99. The number of thiophene rings is 1. The van der Waals surface area contributed by atoms with Gasteiger partial charge in [-0.15, -0.1) is 11.3 Å². The fraction of sp³-hybridized carbons (Fsp3) is 0.111. The number of halogens is 2. The van der Waals surface area contributed by atoms with Crippen LogP contribution >= 0.6 is 43.2 Å². The number of aryl methyl sites for hydroxylation is 1. The number of rotatable bonds is 5. The number of ether oxygens (including phenoxy) is 1. The molecular formula is C18H14Br2N2O2S. The maximum atomic E-state index is 11.9. The first kappa shape index (κ1) is 18.1. The molecular weight excluding hydrogens is 468 g/mol. The summed E-state index contributed by atoms with van der Waals surface area (Å²) in [4.78, 5) is 12.9. The van der Waals surface area contributed by atoms with Gasteiger partial charge in [0.15, 0.2) is 6.61 Å². The van der Waals surface area contributed by atoms with E-state index >= 15 is 0 Å². The van der Waals surface area contributed by atoms with Crippen LogP contribution in [0.5, 0.6) is 5.75 Å². The van der Waals surface area contributed by atoms with E-state index in [0.717, 1.165) is 30.2 Å². The van der Waals surface area contributed by atoms with Crippen LogP contribution in [0.3, 0.4) is 0 Å². The van der Waals surface area contributed by atoms with Crippen molar-refractivity contribution < 1.29 is 9.53 Å². The highest BCUT2D eigenvalue weighted by Gasteiger charge is 2.09. The van der Waals surface area contributed by atoms with Crippen LogP contribution in [0.2, 0.25) is 0 Å². The third kappa shape index (κ3) is 4.48. The van der Waals surface area contributed by atoms with Gasteiger partial charge in [0.1, 0.15) is 5.75 Å². The van der Waals surface area contributed by atoms with E-state index in [9.17, 15) is 4.79 Å². The Bertz CT molecular complexity index is 953. The molecule has 0 bridgehead atoms. The van der Waals surface area contributed by atoms with E-state index in [2.05, 4.69) is 42.4 Å². The number of carbonyl (C=O) groups is 1. The molecule has 1 aromatic heterocycles. The van der Waals surface area contributed by atoms with Crippen molar-refractivity contribution in [3.63, 3.8) is 0 Å². The summed E-state index contributed by atoms with van der Waals surface area (Å²) in [6.45, 7) is 1.89. The van der Waals surface area contributed by atoms with E-state index in [1.807, 2.05) is 48.7 Å². The van der Waals surface area contributed by atoms with Crippen molar-refractivity contribution in [1.82, 2.24) is 5.43 Å². The van der Waals surface area contributed by atoms with Crippen LogP contribution in [-0.2, 0) is 4.79 Å². The Kier molecular flexibility index (Phi) is 5.88. The summed E-state index contributed by atoms with van der Waals surface area (Å²) < 4.78 is 7.44. The maximum absolute atomic E-state index is 11.9. The molecule has 7 heteroatoms. The molecule has 0 fully saturated rings. The minimum atomic E-state index is -0.312. The first-order chi connectivity index (χ1) is 12.0. The maximum Gasteiger partial charge on any atom is 0.277 e. The van der Waals surface area contributed by atoms with Crippen molar-refractivity contribution in [3.8, 4) is 5.75 Å². The molecule has 0 spiro atoms. The highest BCUT2D eigenvalue weighted by Crippen LogP contribution is 2.34. The molecule has 0 unspecified atom stereocenters. The van der Waals surface area contributed by atoms with E-state index in [0.29, 0.717) is 5.75 Å². The second kappa shape index (κ2) is 8.12. The lowest BCUT2D eigenvalue weighted by molar-refractivity contribution is -0.123. The number of carbonyl (C=O) groups excluding carboxylic acids is 1. The second-order valence-electron chi connectivity index (χ2n) is 5.29. The van der Waals surface area contributed by atoms with Crippen molar-refractivity contribution in [1.29, 1.82) is 0 Å². The fourth-order valence-corrected chi connectivity index (χ4v) is 3.98. The summed E-state index contributed by atoms with van der Waals surface area (Å²) in [6.07, 6.45) is 1.64. The van der Waals surface area contributed by atoms with Gasteiger partial charge in [-0.2, -0.15) is 5.10 Å². The molecule has 0 saturated carbocycles. The molecule has 3 rings (SSSR count). The van der Waals surface area contributed by atoms with Crippen molar-refractivity contribution in [2.45, 2.75) is 6.92 Å². The van der Waals surface area contributed by atoms with Gasteiger partial charge in [-0.3, -0.25) is 4.79 Å². The summed E-state index contributed by atoms with van der Waals surface area (Å²) in [5, 5.41) is 8.04. The molecule has 4 nitrogen and oxygen atoms in total. The lowest BCUT2D eigenvalue weighted by atomic mass is 10.1. The van der Waals surface area contributed by atoms with E-state index < -0.39 is 0 Å². The molecule has 3 aromatic rings. The van der Waals surface area contributed by atoms with Gasteiger partial charge in [0.05, 0.1) is 10.7 Å². The number of nitrogens with zero attached hydrogens (tertiary/aromatic N) is 1. The number of hydrogen-bond acceptors (Lipinski definition) is 4. The van der Waals surface area contributed by atoms with Crippen LogP contribution in [0, 0.1) is 6.92 Å². The van der Waals surface area contributed by atoms with Gasteiger partial charge in [-0.1, -0.05) is 28.1 Å². The van der Waals surface area contributed by atoms with Gasteiger partial charge in [0.25, 0.3) is 5.91 Å².